The number of amides is 2. The number of nitrogens with zero attached hydrogens (tertiary/aromatic N) is 2. The first-order valence-electron chi connectivity index (χ1n) is 10.0. The van der Waals surface area contributed by atoms with E-state index < -0.39 is 5.97 Å². The van der Waals surface area contributed by atoms with Gasteiger partial charge in [0.25, 0.3) is 5.91 Å². The van der Waals surface area contributed by atoms with Crippen molar-refractivity contribution in [3.05, 3.63) is 29.8 Å². The summed E-state index contributed by atoms with van der Waals surface area (Å²) in [5.41, 5.74) is 1.08. The molecule has 0 aliphatic carbocycles. The molecule has 3 rings (SSSR count). The molecule has 0 bridgehead atoms. The number of anilines is 1. The third-order valence-electron chi connectivity index (χ3n) is 5.28. The summed E-state index contributed by atoms with van der Waals surface area (Å²) in [6.07, 6.45) is 2.48. The number of esters is 2. The summed E-state index contributed by atoms with van der Waals surface area (Å²) in [6, 6.07) is 6.61. The summed E-state index contributed by atoms with van der Waals surface area (Å²) in [6.45, 7) is 3.35. The Bertz CT molecular complexity index is 768. The Labute approximate surface area is 169 Å². The molecule has 1 aromatic rings. The van der Waals surface area contributed by atoms with E-state index in [9.17, 15) is 19.2 Å². The summed E-state index contributed by atoms with van der Waals surface area (Å²) < 4.78 is 10.2. The third-order valence-corrected chi connectivity index (χ3v) is 5.28. The van der Waals surface area contributed by atoms with Gasteiger partial charge in [-0.25, -0.2) is 4.79 Å². The van der Waals surface area contributed by atoms with Gasteiger partial charge in [0.05, 0.1) is 18.1 Å². The van der Waals surface area contributed by atoms with Gasteiger partial charge in [-0.2, -0.15) is 0 Å². The maximum absolute atomic E-state index is 12.3. The van der Waals surface area contributed by atoms with Gasteiger partial charge in [0.1, 0.15) is 0 Å². The highest BCUT2D eigenvalue weighted by molar-refractivity contribution is 5.96. The molecular weight excluding hydrogens is 376 g/mol. The molecule has 0 atom stereocenters. The number of ether oxygens (including phenoxy) is 2. The van der Waals surface area contributed by atoms with E-state index in [1.807, 2.05) is 0 Å². The molecule has 2 aliphatic heterocycles. The van der Waals surface area contributed by atoms with Crippen LogP contribution < -0.4 is 4.90 Å². The molecule has 2 aliphatic rings. The Balaban J connectivity index is 1.45. The van der Waals surface area contributed by atoms with Gasteiger partial charge in [0.2, 0.25) is 5.91 Å². The highest BCUT2D eigenvalue weighted by atomic mass is 16.5. The summed E-state index contributed by atoms with van der Waals surface area (Å²) in [5.74, 6) is -1.18. The van der Waals surface area contributed by atoms with Crippen molar-refractivity contribution in [3.8, 4) is 0 Å². The molecule has 156 valence electrons. The Morgan fingerprint density at radius 1 is 1.03 bits per heavy atom. The predicted molar refractivity (Wildman–Crippen MR) is 104 cm³/mol. The van der Waals surface area contributed by atoms with Crippen LogP contribution in [-0.4, -0.2) is 61.5 Å². The molecule has 2 saturated heterocycles. The molecule has 2 amide bonds. The lowest BCUT2D eigenvalue weighted by atomic mass is 9.97. The molecule has 0 unspecified atom stereocenters. The van der Waals surface area contributed by atoms with Gasteiger partial charge in [-0.3, -0.25) is 14.4 Å². The lowest BCUT2D eigenvalue weighted by Gasteiger charge is -2.30. The largest absolute Gasteiger partial charge is 0.466 e. The maximum Gasteiger partial charge on any atom is 0.338 e. The maximum atomic E-state index is 12.3. The number of hydrogen-bond donors (Lipinski definition) is 0. The monoisotopic (exact) mass is 402 g/mol. The van der Waals surface area contributed by atoms with Crippen LogP contribution >= 0.6 is 0 Å². The van der Waals surface area contributed by atoms with Gasteiger partial charge < -0.3 is 19.3 Å². The average Bonchev–Trinajstić information content (AvgIpc) is 3.18. The zero-order valence-corrected chi connectivity index (χ0v) is 16.6. The van der Waals surface area contributed by atoms with E-state index in [0.717, 1.165) is 12.1 Å². The molecule has 0 saturated carbocycles. The first-order chi connectivity index (χ1) is 14.0. The lowest BCUT2D eigenvalue weighted by molar-refractivity contribution is -0.151. The second kappa shape index (κ2) is 9.54. The van der Waals surface area contributed by atoms with Crippen molar-refractivity contribution in [2.45, 2.75) is 32.6 Å². The van der Waals surface area contributed by atoms with Crippen LogP contribution in [0.25, 0.3) is 0 Å². The van der Waals surface area contributed by atoms with Crippen LogP contribution in [0.15, 0.2) is 24.3 Å². The molecule has 0 aromatic heterocycles. The fraction of sp³-hybridized carbons (Fsp3) is 0.524. The number of likely N-dealkylation sites (tertiary alicyclic amines) is 1. The van der Waals surface area contributed by atoms with Gasteiger partial charge in [-0.15, -0.1) is 0 Å². The molecular formula is C21H26N2O6. The smallest absolute Gasteiger partial charge is 0.338 e. The van der Waals surface area contributed by atoms with Crippen molar-refractivity contribution in [2.75, 3.05) is 37.7 Å². The Kier molecular flexibility index (Phi) is 6.85. The van der Waals surface area contributed by atoms with E-state index in [0.29, 0.717) is 51.1 Å². The molecule has 2 fully saturated rings. The summed E-state index contributed by atoms with van der Waals surface area (Å²) in [7, 11) is 0. The number of rotatable bonds is 6. The summed E-state index contributed by atoms with van der Waals surface area (Å²) >= 11 is 0. The highest BCUT2D eigenvalue weighted by Gasteiger charge is 2.28. The number of piperidine rings is 1. The van der Waals surface area contributed by atoms with Crippen molar-refractivity contribution in [1.82, 2.24) is 4.90 Å². The molecule has 8 heteroatoms. The predicted octanol–water partition coefficient (Wildman–Crippen LogP) is 1.77. The number of carbonyl (C=O) groups excluding carboxylic acids is 4. The number of hydrogen-bond acceptors (Lipinski definition) is 6. The van der Waals surface area contributed by atoms with Crippen LogP contribution in [0.4, 0.5) is 5.69 Å². The minimum Gasteiger partial charge on any atom is -0.466 e. The van der Waals surface area contributed by atoms with E-state index >= 15 is 0 Å². The van der Waals surface area contributed by atoms with E-state index in [1.54, 1.807) is 41.0 Å². The fourth-order valence-electron chi connectivity index (χ4n) is 3.63. The molecule has 2 heterocycles. The molecule has 0 N–H and O–H groups in total. The Morgan fingerprint density at radius 3 is 2.31 bits per heavy atom. The van der Waals surface area contributed by atoms with Gasteiger partial charge >= 0.3 is 11.9 Å². The van der Waals surface area contributed by atoms with Gasteiger partial charge in [0.15, 0.2) is 6.61 Å². The number of benzene rings is 1. The van der Waals surface area contributed by atoms with Crippen molar-refractivity contribution in [2.24, 2.45) is 5.92 Å². The van der Waals surface area contributed by atoms with Crippen LogP contribution in [0, 0.1) is 5.92 Å². The van der Waals surface area contributed by atoms with Crippen LogP contribution in [0.1, 0.15) is 43.0 Å². The Hall–Kier alpha value is -2.90. The fourth-order valence-corrected chi connectivity index (χ4v) is 3.63. The molecule has 29 heavy (non-hydrogen) atoms. The van der Waals surface area contributed by atoms with Crippen LogP contribution in [0.3, 0.4) is 0 Å². The van der Waals surface area contributed by atoms with E-state index in [2.05, 4.69) is 0 Å². The highest BCUT2D eigenvalue weighted by Crippen LogP contribution is 2.22. The van der Waals surface area contributed by atoms with Crippen molar-refractivity contribution >= 4 is 29.4 Å². The van der Waals surface area contributed by atoms with Crippen molar-refractivity contribution in [1.29, 1.82) is 0 Å². The average molecular weight is 402 g/mol. The second-order valence-electron chi connectivity index (χ2n) is 7.18. The van der Waals surface area contributed by atoms with E-state index in [-0.39, 0.29) is 30.3 Å². The molecule has 8 nitrogen and oxygen atoms in total. The zero-order valence-electron chi connectivity index (χ0n) is 16.6. The molecule has 0 spiro atoms. The zero-order chi connectivity index (χ0) is 20.8. The SMILES string of the molecule is CCOC(=O)C1CCN(C(=O)COC(=O)c2ccc(N3CCCC3=O)cc2)CC1. The third kappa shape index (κ3) is 5.13. The van der Waals surface area contributed by atoms with E-state index in [4.69, 9.17) is 9.47 Å². The lowest BCUT2D eigenvalue weighted by Crippen LogP contribution is -2.42. The van der Waals surface area contributed by atoms with Crippen LogP contribution in [-0.2, 0) is 23.9 Å². The minimum atomic E-state index is -0.584. The normalized spacial score (nSPS) is 17.3. The summed E-state index contributed by atoms with van der Waals surface area (Å²) in [5, 5.41) is 0. The second-order valence-corrected chi connectivity index (χ2v) is 7.18. The van der Waals surface area contributed by atoms with Gasteiger partial charge in [-0.05, 0) is 50.5 Å². The minimum absolute atomic E-state index is 0.0812. The topological polar surface area (TPSA) is 93.2 Å². The molecule has 1 aromatic carbocycles. The standard InChI is InChI=1S/C21H26N2O6/c1-2-28-20(26)16-9-12-22(13-10-16)19(25)14-29-21(27)15-5-7-17(8-6-15)23-11-3-4-18(23)24/h5-8,16H,2-4,9-14H2,1H3. The Morgan fingerprint density at radius 2 is 1.72 bits per heavy atom. The molecule has 0 radical (unpaired) electrons. The van der Waals surface area contributed by atoms with E-state index in [1.165, 1.54) is 0 Å². The number of carbonyl (C=O) groups is 4. The van der Waals surface area contributed by atoms with Crippen LogP contribution in [0.2, 0.25) is 0 Å². The first kappa shape index (κ1) is 20.8. The quantitative estimate of drug-likeness (QED) is 0.674. The van der Waals surface area contributed by atoms with Gasteiger partial charge in [0, 0.05) is 31.7 Å². The van der Waals surface area contributed by atoms with Crippen molar-refractivity contribution in [3.63, 3.8) is 0 Å². The van der Waals surface area contributed by atoms with Gasteiger partial charge in [-0.1, -0.05) is 0 Å². The van der Waals surface area contributed by atoms with Crippen molar-refractivity contribution < 1.29 is 28.7 Å². The summed E-state index contributed by atoms with van der Waals surface area (Å²) in [4.78, 5) is 51.3. The first-order valence-corrected chi connectivity index (χ1v) is 10.0. The van der Waals surface area contributed by atoms with Crippen LogP contribution in [0.5, 0.6) is 0 Å².